The smallest absolute Gasteiger partial charge is 0.164 e. The van der Waals surface area contributed by atoms with Gasteiger partial charge in [-0.05, 0) is 6.54 Å². The molecule has 0 unspecified atom stereocenters. The summed E-state index contributed by atoms with van der Waals surface area (Å²) in [5, 5.41) is 25.5. The number of aliphatic hydroxyl groups is 3. The highest BCUT2D eigenvalue weighted by molar-refractivity contribution is 4.54. The molecule has 0 fully saturated rings. The monoisotopic (exact) mass is 149 g/mol. The first-order valence-electron chi connectivity index (χ1n) is 3.40. The van der Waals surface area contributed by atoms with Gasteiger partial charge in [-0.3, -0.25) is 4.90 Å². The van der Waals surface area contributed by atoms with Crippen molar-refractivity contribution in [2.45, 2.75) is 13.2 Å². The third-order valence-corrected chi connectivity index (χ3v) is 1.28. The second-order valence-corrected chi connectivity index (χ2v) is 2.10. The van der Waals surface area contributed by atoms with Gasteiger partial charge in [-0.2, -0.15) is 0 Å². The van der Waals surface area contributed by atoms with Gasteiger partial charge in [-0.25, -0.2) is 0 Å². The summed E-state index contributed by atoms with van der Waals surface area (Å²) in [6.45, 7) is 3.38. The minimum absolute atomic E-state index is 0.0561. The maximum atomic E-state index is 8.51. The summed E-state index contributed by atoms with van der Waals surface area (Å²) in [5.74, 6) is 0. The van der Waals surface area contributed by atoms with Crippen LogP contribution in [0.2, 0.25) is 0 Å². The molecule has 3 N–H and O–H groups in total. The highest BCUT2D eigenvalue weighted by Gasteiger charge is 2.04. The van der Waals surface area contributed by atoms with E-state index in [0.717, 1.165) is 6.54 Å². The van der Waals surface area contributed by atoms with E-state index in [1.807, 2.05) is 6.92 Å². The summed E-state index contributed by atoms with van der Waals surface area (Å²) in [6.07, 6.45) is -1.30. The molecule has 0 aliphatic rings. The summed E-state index contributed by atoms with van der Waals surface area (Å²) >= 11 is 0. The highest BCUT2D eigenvalue weighted by Crippen LogP contribution is 1.88. The SMILES string of the molecule is CCN(CCO)CC(O)O. The van der Waals surface area contributed by atoms with Gasteiger partial charge in [0, 0.05) is 13.1 Å². The van der Waals surface area contributed by atoms with E-state index in [4.69, 9.17) is 15.3 Å². The van der Waals surface area contributed by atoms with E-state index in [1.54, 1.807) is 4.90 Å². The van der Waals surface area contributed by atoms with Crippen LogP contribution in [-0.2, 0) is 0 Å². The molecular formula is C6H15NO3. The van der Waals surface area contributed by atoms with E-state index in [2.05, 4.69) is 0 Å². The maximum Gasteiger partial charge on any atom is 0.164 e. The summed E-state index contributed by atoms with van der Waals surface area (Å²) in [7, 11) is 0. The molecule has 0 heterocycles. The van der Waals surface area contributed by atoms with Gasteiger partial charge in [0.15, 0.2) is 6.29 Å². The lowest BCUT2D eigenvalue weighted by molar-refractivity contribution is -0.0619. The van der Waals surface area contributed by atoms with Crippen molar-refractivity contribution >= 4 is 0 Å². The molecule has 0 aliphatic carbocycles. The number of nitrogens with zero attached hydrogens (tertiary/aromatic N) is 1. The predicted molar refractivity (Wildman–Crippen MR) is 37.4 cm³/mol. The first-order chi connectivity index (χ1) is 4.70. The summed E-state index contributed by atoms with van der Waals surface area (Å²) in [4.78, 5) is 1.75. The van der Waals surface area contributed by atoms with Crippen LogP contribution in [0.1, 0.15) is 6.92 Å². The van der Waals surface area contributed by atoms with E-state index in [1.165, 1.54) is 0 Å². The Balaban J connectivity index is 3.39. The molecule has 0 aromatic carbocycles. The van der Waals surface area contributed by atoms with Crippen LogP contribution >= 0.6 is 0 Å². The fourth-order valence-corrected chi connectivity index (χ4v) is 0.751. The fourth-order valence-electron chi connectivity index (χ4n) is 0.751. The molecule has 0 aromatic rings. The molecule has 0 aromatic heterocycles. The number of likely N-dealkylation sites (N-methyl/N-ethyl adjacent to an activating group) is 1. The van der Waals surface area contributed by atoms with Crippen LogP contribution in [0.3, 0.4) is 0 Å². The van der Waals surface area contributed by atoms with Gasteiger partial charge >= 0.3 is 0 Å². The van der Waals surface area contributed by atoms with Gasteiger partial charge in [0.2, 0.25) is 0 Å². The van der Waals surface area contributed by atoms with Crippen molar-refractivity contribution in [3.05, 3.63) is 0 Å². The number of hydrogen-bond donors (Lipinski definition) is 3. The molecule has 62 valence electrons. The lowest BCUT2D eigenvalue weighted by Crippen LogP contribution is -2.34. The highest BCUT2D eigenvalue weighted by atomic mass is 16.5. The first-order valence-corrected chi connectivity index (χ1v) is 3.40. The first kappa shape index (κ1) is 9.84. The zero-order valence-electron chi connectivity index (χ0n) is 6.19. The predicted octanol–water partition coefficient (Wildman–Crippen LogP) is -1.39. The number of hydrogen-bond acceptors (Lipinski definition) is 4. The van der Waals surface area contributed by atoms with Crippen molar-refractivity contribution in [2.24, 2.45) is 0 Å². The summed E-state index contributed by atoms with van der Waals surface area (Å²) < 4.78 is 0. The molecule has 10 heavy (non-hydrogen) atoms. The Hall–Kier alpha value is -0.160. The van der Waals surface area contributed by atoms with Crippen molar-refractivity contribution in [3.63, 3.8) is 0 Å². The van der Waals surface area contributed by atoms with Crippen LogP contribution in [0.15, 0.2) is 0 Å². The quantitative estimate of drug-likeness (QED) is 0.421. The van der Waals surface area contributed by atoms with E-state index in [9.17, 15) is 0 Å². The van der Waals surface area contributed by atoms with E-state index in [0.29, 0.717) is 6.54 Å². The van der Waals surface area contributed by atoms with Crippen molar-refractivity contribution in [1.82, 2.24) is 4.90 Å². The zero-order valence-corrected chi connectivity index (χ0v) is 6.19. The maximum absolute atomic E-state index is 8.51. The van der Waals surface area contributed by atoms with E-state index < -0.39 is 6.29 Å². The molecule has 0 saturated carbocycles. The van der Waals surface area contributed by atoms with Crippen LogP contribution in [0.25, 0.3) is 0 Å². The molecule has 0 saturated heterocycles. The summed E-state index contributed by atoms with van der Waals surface area (Å²) in [5.41, 5.74) is 0. The van der Waals surface area contributed by atoms with Gasteiger partial charge in [0.05, 0.1) is 6.61 Å². The normalized spacial score (nSPS) is 11.4. The molecule has 0 rings (SSSR count). The molecule has 0 aliphatic heterocycles. The molecule has 0 spiro atoms. The van der Waals surface area contributed by atoms with Crippen molar-refractivity contribution in [3.8, 4) is 0 Å². The third kappa shape index (κ3) is 4.69. The Morgan fingerprint density at radius 3 is 2.30 bits per heavy atom. The fraction of sp³-hybridized carbons (Fsp3) is 1.00. The molecular weight excluding hydrogens is 134 g/mol. The van der Waals surface area contributed by atoms with Gasteiger partial charge in [0.1, 0.15) is 0 Å². The molecule has 0 bridgehead atoms. The van der Waals surface area contributed by atoms with Gasteiger partial charge in [-0.15, -0.1) is 0 Å². The summed E-state index contributed by atoms with van der Waals surface area (Å²) in [6, 6.07) is 0. The van der Waals surface area contributed by atoms with Crippen molar-refractivity contribution < 1.29 is 15.3 Å². The standard InChI is InChI=1S/C6H15NO3/c1-2-7(3-4-8)5-6(9)10/h6,8-10H,2-5H2,1H3. The second kappa shape index (κ2) is 5.61. The van der Waals surface area contributed by atoms with Crippen LogP contribution < -0.4 is 0 Å². The zero-order chi connectivity index (χ0) is 7.98. The van der Waals surface area contributed by atoms with Crippen LogP contribution in [0, 0.1) is 0 Å². The Bertz CT molecular complexity index is 77.4. The third-order valence-electron chi connectivity index (χ3n) is 1.28. The van der Waals surface area contributed by atoms with Gasteiger partial charge < -0.3 is 15.3 Å². The van der Waals surface area contributed by atoms with Gasteiger partial charge in [-0.1, -0.05) is 6.92 Å². The van der Waals surface area contributed by atoms with E-state index in [-0.39, 0.29) is 13.2 Å². The Kier molecular flexibility index (Phi) is 5.52. The lowest BCUT2D eigenvalue weighted by Gasteiger charge is -2.19. The largest absolute Gasteiger partial charge is 0.395 e. The molecule has 4 heteroatoms. The molecule has 4 nitrogen and oxygen atoms in total. The van der Waals surface area contributed by atoms with Crippen LogP contribution in [-0.4, -0.2) is 52.8 Å². The average molecular weight is 149 g/mol. The Morgan fingerprint density at radius 1 is 1.40 bits per heavy atom. The minimum atomic E-state index is -1.30. The number of rotatable bonds is 5. The molecule has 0 radical (unpaired) electrons. The van der Waals surface area contributed by atoms with Crippen molar-refractivity contribution in [1.29, 1.82) is 0 Å². The Morgan fingerprint density at radius 2 is 2.00 bits per heavy atom. The lowest BCUT2D eigenvalue weighted by atomic mass is 10.4. The topological polar surface area (TPSA) is 63.9 Å². The molecule has 0 amide bonds. The van der Waals surface area contributed by atoms with Gasteiger partial charge in [0.25, 0.3) is 0 Å². The van der Waals surface area contributed by atoms with Crippen LogP contribution in [0.4, 0.5) is 0 Å². The van der Waals surface area contributed by atoms with Crippen LogP contribution in [0.5, 0.6) is 0 Å². The molecule has 0 atom stereocenters. The Labute approximate surface area is 60.7 Å². The number of aliphatic hydroxyl groups excluding tert-OH is 2. The minimum Gasteiger partial charge on any atom is -0.395 e. The second-order valence-electron chi connectivity index (χ2n) is 2.10. The average Bonchev–Trinajstić information content (AvgIpc) is 1.86. The van der Waals surface area contributed by atoms with Crippen molar-refractivity contribution in [2.75, 3.05) is 26.2 Å². The van der Waals surface area contributed by atoms with E-state index >= 15 is 0 Å².